The van der Waals surface area contributed by atoms with Crippen molar-refractivity contribution in [3.05, 3.63) is 40.5 Å². The Labute approximate surface area is 104 Å². The summed E-state index contributed by atoms with van der Waals surface area (Å²) in [6.45, 7) is 3.91. The monoisotopic (exact) mass is 247 g/mol. The van der Waals surface area contributed by atoms with E-state index in [9.17, 15) is 4.79 Å². The quantitative estimate of drug-likeness (QED) is 0.904. The molecule has 0 aliphatic rings. The van der Waals surface area contributed by atoms with Gasteiger partial charge in [-0.05, 0) is 24.5 Å². The Kier molecular flexibility index (Phi) is 3.24. The first kappa shape index (κ1) is 11.8. The minimum Gasteiger partial charge on any atom is -0.476 e. The number of thiazole rings is 1. The minimum absolute atomic E-state index is 0.150. The summed E-state index contributed by atoms with van der Waals surface area (Å²) in [5.74, 6) is -0.969. The SMILES string of the molecule is CCc1ccc(-c2sc(C)nc2C(=O)O)cc1. The van der Waals surface area contributed by atoms with Gasteiger partial charge in [0.1, 0.15) is 0 Å². The fraction of sp³-hybridized carbons (Fsp3) is 0.231. The number of aromatic nitrogens is 1. The molecule has 88 valence electrons. The van der Waals surface area contributed by atoms with Gasteiger partial charge in [-0.3, -0.25) is 0 Å². The maximum absolute atomic E-state index is 11.1. The van der Waals surface area contributed by atoms with Crippen LogP contribution in [-0.2, 0) is 6.42 Å². The van der Waals surface area contributed by atoms with Gasteiger partial charge in [-0.2, -0.15) is 0 Å². The topological polar surface area (TPSA) is 50.2 Å². The Balaban J connectivity index is 2.48. The number of hydrogen-bond donors (Lipinski definition) is 1. The molecule has 0 aliphatic carbocycles. The van der Waals surface area contributed by atoms with E-state index in [1.807, 2.05) is 31.2 Å². The number of nitrogens with zero attached hydrogens (tertiary/aromatic N) is 1. The molecule has 0 fully saturated rings. The lowest BCUT2D eigenvalue weighted by molar-refractivity contribution is 0.0692. The van der Waals surface area contributed by atoms with Crippen LogP contribution < -0.4 is 0 Å². The number of carboxylic acid groups (broad SMARTS) is 1. The molecule has 1 N–H and O–H groups in total. The number of benzene rings is 1. The molecule has 1 heterocycles. The minimum atomic E-state index is -0.969. The first-order valence-corrected chi connectivity index (χ1v) is 6.23. The van der Waals surface area contributed by atoms with Gasteiger partial charge < -0.3 is 5.11 Å². The van der Waals surface area contributed by atoms with Crippen molar-refractivity contribution in [2.24, 2.45) is 0 Å². The zero-order valence-corrected chi connectivity index (χ0v) is 10.5. The smallest absolute Gasteiger partial charge is 0.356 e. The molecule has 1 aromatic carbocycles. The lowest BCUT2D eigenvalue weighted by atomic mass is 10.1. The molecule has 1 aromatic heterocycles. The maximum atomic E-state index is 11.1. The van der Waals surface area contributed by atoms with Crippen molar-refractivity contribution in [1.29, 1.82) is 0 Å². The molecule has 3 nitrogen and oxygen atoms in total. The van der Waals surface area contributed by atoms with Gasteiger partial charge in [-0.15, -0.1) is 11.3 Å². The highest BCUT2D eigenvalue weighted by Gasteiger charge is 2.16. The van der Waals surface area contributed by atoms with Crippen molar-refractivity contribution in [3.63, 3.8) is 0 Å². The van der Waals surface area contributed by atoms with Gasteiger partial charge in [0.2, 0.25) is 0 Å². The molecule has 2 aromatic rings. The van der Waals surface area contributed by atoms with Gasteiger partial charge in [0.25, 0.3) is 0 Å². The summed E-state index contributed by atoms with van der Waals surface area (Å²) >= 11 is 1.42. The van der Waals surface area contributed by atoms with Gasteiger partial charge in [0.15, 0.2) is 5.69 Å². The fourth-order valence-electron chi connectivity index (χ4n) is 1.66. The van der Waals surface area contributed by atoms with Crippen LogP contribution in [0.4, 0.5) is 0 Å². The van der Waals surface area contributed by atoms with E-state index in [4.69, 9.17) is 5.11 Å². The molecule has 0 saturated heterocycles. The van der Waals surface area contributed by atoms with E-state index in [1.54, 1.807) is 0 Å². The normalized spacial score (nSPS) is 10.5. The molecule has 0 amide bonds. The second-order valence-corrected chi connectivity index (χ2v) is 4.97. The number of aryl methyl sites for hydroxylation is 2. The average Bonchev–Trinajstić information content (AvgIpc) is 2.72. The second kappa shape index (κ2) is 4.67. The molecule has 0 radical (unpaired) electrons. The average molecular weight is 247 g/mol. The van der Waals surface area contributed by atoms with E-state index in [0.717, 1.165) is 21.9 Å². The molecule has 0 aliphatic heterocycles. The number of carbonyl (C=O) groups is 1. The molecule has 4 heteroatoms. The van der Waals surface area contributed by atoms with Gasteiger partial charge in [-0.1, -0.05) is 31.2 Å². The van der Waals surface area contributed by atoms with Crippen LogP contribution in [0.15, 0.2) is 24.3 Å². The lowest BCUT2D eigenvalue weighted by Crippen LogP contribution is -1.98. The Morgan fingerprint density at radius 1 is 1.35 bits per heavy atom. The van der Waals surface area contributed by atoms with E-state index in [-0.39, 0.29) is 5.69 Å². The first-order valence-electron chi connectivity index (χ1n) is 5.42. The Morgan fingerprint density at radius 3 is 2.53 bits per heavy atom. The summed E-state index contributed by atoms with van der Waals surface area (Å²) < 4.78 is 0. The number of carboxylic acids is 1. The van der Waals surface area contributed by atoms with Gasteiger partial charge in [0.05, 0.1) is 9.88 Å². The first-order chi connectivity index (χ1) is 8.11. The van der Waals surface area contributed by atoms with E-state index in [0.29, 0.717) is 0 Å². The van der Waals surface area contributed by atoms with Crippen LogP contribution in [0.3, 0.4) is 0 Å². The Hall–Kier alpha value is -1.68. The van der Waals surface area contributed by atoms with E-state index >= 15 is 0 Å². The third-order valence-electron chi connectivity index (χ3n) is 2.56. The molecule has 0 unspecified atom stereocenters. The Bertz CT molecular complexity index is 543. The van der Waals surface area contributed by atoms with Crippen LogP contribution >= 0.6 is 11.3 Å². The zero-order chi connectivity index (χ0) is 12.4. The molecule has 2 rings (SSSR count). The molecule has 0 bridgehead atoms. The largest absolute Gasteiger partial charge is 0.476 e. The van der Waals surface area contributed by atoms with E-state index in [2.05, 4.69) is 11.9 Å². The molecule has 0 saturated carbocycles. The van der Waals surface area contributed by atoms with E-state index < -0.39 is 5.97 Å². The number of rotatable bonds is 3. The number of hydrogen-bond acceptors (Lipinski definition) is 3. The molecular weight excluding hydrogens is 234 g/mol. The van der Waals surface area contributed by atoms with Crippen molar-refractivity contribution in [1.82, 2.24) is 4.98 Å². The predicted octanol–water partition coefficient (Wildman–Crippen LogP) is 3.38. The zero-order valence-electron chi connectivity index (χ0n) is 9.73. The molecule has 17 heavy (non-hydrogen) atoms. The summed E-state index contributed by atoms with van der Waals surface area (Å²) in [5.41, 5.74) is 2.31. The van der Waals surface area contributed by atoms with E-state index in [1.165, 1.54) is 16.9 Å². The van der Waals surface area contributed by atoms with Crippen molar-refractivity contribution in [2.45, 2.75) is 20.3 Å². The summed E-state index contributed by atoms with van der Waals surface area (Å²) in [5, 5.41) is 9.86. The Morgan fingerprint density at radius 2 is 2.00 bits per heavy atom. The highest BCUT2D eigenvalue weighted by molar-refractivity contribution is 7.15. The summed E-state index contributed by atoms with van der Waals surface area (Å²) in [7, 11) is 0. The number of aromatic carboxylic acids is 1. The lowest BCUT2D eigenvalue weighted by Gasteiger charge is -2.01. The summed E-state index contributed by atoms with van der Waals surface area (Å²) in [6, 6.07) is 7.96. The van der Waals surface area contributed by atoms with Crippen molar-refractivity contribution >= 4 is 17.3 Å². The van der Waals surface area contributed by atoms with Crippen LogP contribution in [0.5, 0.6) is 0 Å². The highest BCUT2D eigenvalue weighted by atomic mass is 32.1. The van der Waals surface area contributed by atoms with Gasteiger partial charge in [-0.25, -0.2) is 9.78 Å². The standard InChI is InChI=1S/C13H13NO2S/c1-3-9-4-6-10(7-5-9)12-11(13(15)16)14-8(2)17-12/h4-7H,3H2,1-2H3,(H,15,16). The molecular formula is C13H13NO2S. The molecule has 0 atom stereocenters. The fourth-order valence-corrected chi connectivity index (χ4v) is 2.58. The van der Waals surface area contributed by atoms with Crippen LogP contribution in [-0.4, -0.2) is 16.1 Å². The highest BCUT2D eigenvalue weighted by Crippen LogP contribution is 2.30. The van der Waals surface area contributed by atoms with Gasteiger partial charge >= 0.3 is 5.97 Å². The van der Waals surface area contributed by atoms with Crippen LogP contribution in [0, 0.1) is 6.92 Å². The van der Waals surface area contributed by atoms with Crippen molar-refractivity contribution in [2.75, 3.05) is 0 Å². The molecule has 0 spiro atoms. The van der Waals surface area contributed by atoms with Crippen molar-refractivity contribution in [3.8, 4) is 10.4 Å². The van der Waals surface area contributed by atoms with Crippen molar-refractivity contribution < 1.29 is 9.90 Å². The van der Waals surface area contributed by atoms with Crippen LogP contribution in [0.25, 0.3) is 10.4 Å². The summed E-state index contributed by atoms with van der Waals surface area (Å²) in [4.78, 5) is 15.9. The third-order valence-corrected chi connectivity index (χ3v) is 3.58. The predicted molar refractivity (Wildman–Crippen MR) is 68.6 cm³/mol. The third kappa shape index (κ3) is 2.36. The maximum Gasteiger partial charge on any atom is 0.356 e. The second-order valence-electron chi connectivity index (χ2n) is 3.77. The van der Waals surface area contributed by atoms with Gasteiger partial charge in [0, 0.05) is 0 Å². The van der Waals surface area contributed by atoms with Crippen LogP contribution in [0.1, 0.15) is 28.0 Å². The van der Waals surface area contributed by atoms with Crippen LogP contribution in [0.2, 0.25) is 0 Å². The summed E-state index contributed by atoms with van der Waals surface area (Å²) in [6.07, 6.45) is 0.980.